The van der Waals surface area contributed by atoms with Crippen molar-refractivity contribution < 1.29 is 19.5 Å². The van der Waals surface area contributed by atoms with Crippen molar-refractivity contribution in [1.82, 2.24) is 0 Å². The van der Waals surface area contributed by atoms with Crippen molar-refractivity contribution in [2.45, 2.75) is 31.7 Å². The Morgan fingerprint density at radius 3 is 2.54 bits per heavy atom. The molecule has 0 aromatic carbocycles. The molecule has 0 aliphatic heterocycles. The van der Waals surface area contributed by atoms with Crippen molar-refractivity contribution in [3.8, 4) is 0 Å². The van der Waals surface area contributed by atoms with Gasteiger partial charge in [0.25, 0.3) is 0 Å². The van der Waals surface area contributed by atoms with Crippen LogP contribution in [-0.4, -0.2) is 23.1 Å². The van der Waals surface area contributed by atoms with E-state index in [1.165, 1.54) is 0 Å². The van der Waals surface area contributed by atoms with E-state index in [1.807, 2.05) is 0 Å². The summed E-state index contributed by atoms with van der Waals surface area (Å²) in [4.78, 5) is 24.6. The summed E-state index contributed by atoms with van der Waals surface area (Å²) in [6.07, 6.45) is 1.05. The van der Waals surface area contributed by atoms with Crippen LogP contribution in [0.2, 0.25) is 0 Å². The Labute approximate surface area is 75.8 Å². The van der Waals surface area contributed by atoms with Gasteiger partial charge in [0.1, 0.15) is 0 Å². The van der Waals surface area contributed by atoms with Crippen LogP contribution < -0.4 is 11.6 Å². The Kier molecular flexibility index (Phi) is 5.82. The SMILES string of the molecule is NOC(=O)CCCC(N)CC(=O)O. The minimum absolute atomic E-state index is 0.0856. The summed E-state index contributed by atoms with van der Waals surface area (Å²) in [5.41, 5.74) is 5.44. The minimum Gasteiger partial charge on any atom is -0.481 e. The second-order valence-electron chi connectivity index (χ2n) is 2.74. The third kappa shape index (κ3) is 7.23. The summed E-state index contributed by atoms with van der Waals surface area (Å²) in [5, 5.41) is 8.35. The van der Waals surface area contributed by atoms with Crippen molar-refractivity contribution >= 4 is 11.9 Å². The molecule has 0 aromatic heterocycles. The maximum absolute atomic E-state index is 10.5. The van der Waals surface area contributed by atoms with E-state index in [0.29, 0.717) is 12.8 Å². The Balaban J connectivity index is 3.42. The lowest BCUT2D eigenvalue weighted by molar-refractivity contribution is -0.144. The van der Waals surface area contributed by atoms with Gasteiger partial charge < -0.3 is 15.7 Å². The maximum atomic E-state index is 10.5. The van der Waals surface area contributed by atoms with Crippen LogP contribution in [0.5, 0.6) is 0 Å². The van der Waals surface area contributed by atoms with E-state index in [2.05, 4.69) is 10.7 Å². The largest absolute Gasteiger partial charge is 0.481 e. The van der Waals surface area contributed by atoms with Crippen LogP contribution in [0.15, 0.2) is 0 Å². The van der Waals surface area contributed by atoms with Gasteiger partial charge in [-0.3, -0.25) is 9.59 Å². The van der Waals surface area contributed by atoms with Crippen molar-refractivity contribution in [2.24, 2.45) is 11.6 Å². The fourth-order valence-corrected chi connectivity index (χ4v) is 0.894. The van der Waals surface area contributed by atoms with E-state index in [1.54, 1.807) is 0 Å². The standard InChI is InChI=1S/C7H14N2O4/c8-5(4-6(10)11)2-1-3-7(12)13-9/h5H,1-4,8-9H2,(H,10,11). The van der Waals surface area contributed by atoms with Gasteiger partial charge in [0.05, 0.1) is 6.42 Å². The number of aliphatic carboxylic acids is 1. The Hall–Kier alpha value is -1.14. The maximum Gasteiger partial charge on any atom is 0.324 e. The zero-order valence-electron chi connectivity index (χ0n) is 7.23. The third-order valence-corrected chi connectivity index (χ3v) is 1.52. The van der Waals surface area contributed by atoms with E-state index in [4.69, 9.17) is 10.8 Å². The van der Waals surface area contributed by atoms with E-state index in [-0.39, 0.29) is 12.8 Å². The fourth-order valence-electron chi connectivity index (χ4n) is 0.894. The molecule has 0 fully saturated rings. The number of rotatable bonds is 6. The molecule has 1 unspecified atom stereocenters. The van der Waals surface area contributed by atoms with Gasteiger partial charge in [-0.05, 0) is 12.8 Å². The summed E-state index contributed by atoms with van der Waals surface area (Å²) in [7, 11) is 0. The first-order valence-corrected chi connectivity index (χ1v) is 3.93. The first kappa shape index (κ1) is 11.9. The molecule has 0 aliphatic carbocycles. The number of carbonyl (C=O) groups is 2. The molecule has 6 nitrogen and oxygen atoms in total. The summed E-state index contributed by atoms with van der Waals surface area (Å²) >= 11 is 0. The van der Waals surface area contributed by atoms with Crippen LogP contribution in [0.4, 0.5) is 0 Å². The molecule has 6 heteroatoms. The summed E-state index contributed by atoms with van der Waals surface area (Å²) in [6.45, 7) is 0. The lowest BCUT2D eigenvalue weighted by Crippen LogP contribution is -2.24. The average molecular weight is 190 g/mol. The molecule has 13 heavy (non-hydrogen) atoms. The molecule has 0 heterocycles. The molecule has 0 rings (SSSR count). The molecule has 76 valence electrons. The van der Waals surface area contributed by atoms with Gasteiger partial charge in [-0.1, -0.05) is 0 Å². The minimum atomic E-state index is -0.936. The highest BCUT2D eigenvalue weighted by molar-refractivity contribution is 5.69. The van der Waals surface area contributed by atoms with Crippen molar-refractivity contribution in [2.75, 3.05) is 0 Å². The molecular formula is C7H14N2O4. The van der Waals surface area contributed by atoms with Gasteiger partial charge in [-0.2, -0.15) is 5.90 Å². The average Bonchev–Trinajstić information content (AvgIpc) is 2.02. The number of carboxylic acids is 1. The molecule has 0 radical (unpaired) electrons. The summed E-state index contributed by atoms with van der Waals surface area (Å²) in [6, 6.07) is -0.414. The molecule has 0 saturated heterocycles. The second-order valence-corrected chi connectivity index (χ2v) is 2.74. The lowest BCUT2D eigenvalue weighted by atomic mass is 10.1. The molecule has 0 amide bonds. The Morgan fingerprint density at radius 2 is 2.08 bits per heavy atom. The van der Waals surface area contributed by atoms with Crippen LogP contribution in [0.1, 0.15) is 25.7 Å². The first-order chi connectivity index (χ1) is 6.06. The van der Waals surface area contributed by atoms with Crippen LogP contribution >= 0.6 is 0 Å². The lowest BCUT2D eigenvalue weighted by Gasteiger charge is -2.06. The molecule has 0 aromatic rings. The van der Waals surface area contributed by atoms with E-state index < -0.39 is 18.0 Å². The topological polar surface area (TPSA) is 116 Å². The highest BCUT2D eigenvalue weighted by Crippen LogP contribution is 2.02. The second kappa shape index (κ2) is 6.38. The van der Waals surface area contributed by atoms with Crippen molar-refractivity contribution in [1.29, 1.82) is 0 Å². The number of nitrogens with two attached hydrogens (primary N) is 2. The highest BCUT2D eigenvalue weighted by Gasteiger charge is 2.09. The smallest absolute Gasteiger partial charge is 0.324 e. The fraction of sp³-hybridized carbons (Fsp3) is 0.714. The number of carboxylic acid groups (broad SMARTS) is 1. The first-order valence-electron chi connectivity index (χ1n) is 3.93. The van der Waals surface area contributed by atoms with Gasteiger partial charge in [-0.25, -0.2) is 0 Å². The number of carbonyl (C=O) groups excluding carboxylic acids is 1. The molecule has 1 atom stereocenters. The van der Waals surface area contributed by atoms with E-state index in [9.17, 15) is 9.59 Å². The zero-order chi connectivity index (χ0) is 10.3. The van der Waals surface area contributed by atoms with Crippen LogP contribution in [0.25, 0.3) is 0 Å². The normalized spacial score (nSPS) is 12.2. The predicted molar refractivity (Wildman–Crippen MR) is 44.4 cm³/mol. The molecular weight excluding hydrogens is 176 g/mol. The van der Waals surface area contributed by atoms with Crippen molar-refractivity contribution in [3.05, 3.63) is 0 Å². The molecule has 0 saturated carbocycles. The number of hydrogen-bond acceptors (Lipinski definition) is 5. The quantitative estimate of drug-likeness (QED) is 0.480. The van der Waals surface area contributed by atoms with Crippen LogP contribution in [-0.2, 0) is 14.4 Å². The molecule has 0 aliphatic rings. The summed E-state index contributed by atoms with van der Waals surface area (Å²) < 4.78 is 0. The van der Waals surface area contributed by atoms with Gasteiger partial charge in [0.15, 0.2) is 0 Å². The van der Waals surface area contributed by atoms with E-state index >= 15 is 0 Å². The predicted octanol–water partition coefficient (Wildman–Crippen LogP) is -0.624. The van der Waals surface area contributed by atoms with Gasteiger partial charge >= 0.3 is 11.9 Å². The summed E-state index contributed by atoms with van der Waals surface area (Å²) in [5.74, 6) is 3.15. The Morgan fingerprint density at radius 1 is 1.46 bits per heavy atom. The highest BCUT2D eigenvalue weighted by atomic mass is 16.7. The third-order valence-electron chi connectivity index (χ3n) is 1.52. The zero-order valence-corrected chi connectivity index (χ0v) is 7.23. The van der Waals surface area contributed by atoms with Crippen LogP contribution in [0, 0.1) is 0 Å². The van der Waals surface area contributed by atoms with Gasteiger partial charge in [0, 0.05) is 12.5 Å². The van der Waals surface area contributed by atoms with Crippen molar-refractivity contribution in [3.63, 3.8) is 0 Å². The van der Waals surface area contributed by atoms with E-state index in [0.717, 1.165) is 0 Å². The van der Waals surface area contributed by atoms with Gasteiger partial charge in [-0.15, -0.1) is 0 Å². The number of hydrogen-bond donors (Lipinski definition) is 3. The molecule has 5 N–H and O–H groups in total. The molecule has 0 spiro atoms. The monoisotopic (exact) mass is 190 g/mol. The van der Waals surface area contributed by atoms with Crippen LogP contribution in [0.3, 0.4) is 0 Å². The molecule has 0 bridgehead atoms. The Bertz CT molecular complexity index is 183. The van der Waals surface area contributed by atoms with Gasteiger partial charge in [0.2, 0.25) is 0 Å².